The average Bonchev–Trinajstić information content (AvgIpc) is 2.64. The van der Waals surface area contributed by atoms with Gasteiger partial charge in [-0.3, -0.25) is 0 Å². The third kappa shape index (κ3) is 1.75. The Labute approximate surface area is 144 Å². The van der Waals surface area contributed by atoms with Gasteiger partial charge in [0, 0.05) is 5.31 Å². The molecular formula is C21H25BO2. The van der Waals surface area contributed by atoms with Crippen molar-refractivity contribution in [1.82, 2.24) is 0 Å². The first-order chi connectivity index (χ1) is 11.3. The zero-order valence-electron chi connectivity index (χ0n) is 15.1. The van der Waals surface area contributed by atoms with Gasteiger partial charge in [0.2, 0.25) is 0 Å². The van der Waals surface area contributed by atoms with E-state index in [1.54, 1.807) is 0 Å². The van der Waals surface area contributed by atoms with Crippen molar-refractivity contribution in [2.24, 2.45) is 0 Å². The molecule has 0 radical (unpaired) electrons. The quantitative estimate of drug-likeness (QED) is 0.716. The molecule has 0 N–H and O–H groups in total. The van der Waals surface area contributed by atoms with E-state index in [0.717, 1.165) is 0 Å². The molecule has 124 valence electrons. The molecule has 0 amide bonds. The molecule has 1 saturated heterocycles. The lowest BCUT2D eigenvalue weighted by atomic mass is 9.23. The Kier molecular flexibility index (Phi) is 2.66. The molecule has 2 aromatic rings. The molecule has 0 unspecified atom stereocenters. The van der Waals surface area contributed by atoms with Gasteiger partial charge in [-0.05, 0) is 68.7 Å². The van der Waals surface area contributed by atoms with Crippen LogP contribution in [0.2, 0.25) is 5.31 Å². The van der Waals surface area contributed by atoms with E-state index in [1.807, 2.05) is 0 Å². The highest BCUT2D eigenvalue weighted by Crippen LogP contribution is 2.80. The van der Waals surface area contributed by atoms with Crippen molar-refractivity contribution in [2.45, 2.75) is 68.9 Å². The zero-order chi connectivity index (χ0) is 16.8. The van der Waals surface area contributed by atoms with Crippen LogP contribution in [-0.4, -0.2) is 18.3 Å². The van der Waals surface area contributed by atoms with E-state index in [1.165, 1.54) is 35.6 Å². The molecule has 6 rings (SSSR count). The van der Waals surface area contributed by atoms with Crippen molar-refractivity contribution in [1.29, 1.82) is 0 Å². The van der Waals surface area contributed by atoms with Gasteiger partial charge in [-0.25, -0.2) is 0 Å². The second-order valence-corrected chi connectivity index (χ2v) is 9.32. The number of rotatable bonds is 2. The number of benzene rings is 2. The van der Waals surface area contributed by atoms with Gasteiger partial charge in [-0.15, -0.1) is 0 Å². The summed E-state index contributed by atoms with van der Waals surface area (Å²) in [5.41, 5.74) is 1.43. The van der Waals surface area contributed by atoms with Crippen LogP contribution in [-0.2, 0) is 14.7 Å². The maximum absolute atomic E-state index is 6.34. The minimum Gasteiger partial charge on any atom is -0.403 e. The van der Waals surface area contributed by atoms with Crippen molar-refractivity contribution in [3.8, 4) is 0 Å². The third-order valence-electron chi connectivity index (χ3n) is 7.19. The van der Waals surface area contributed by atoms with E-state index in [-0.39, 0.29) is 23.6 Å². The second-order valence-electron chi connectivity index (χ2n) is 9.32. The van der Waals surface area contributed by atoms with Gasteiger partial charge in [0.25, 0.3) is 0 Å². The molecule has 3 heteroatoms. The topological polar surface area (TPSA) is 18.5 Å². The maximum Gasteiger partial charge on any atom is 0.464 e. The van der Waals surface area contributed by atoms with Crippen LogP contribution >= 0.6 is 0 Å². The molecular weight excluding hydrogens is 295 g/mol. The molecule has 2 bridgehead atoms. The highest BCUT2D eigenvalue weighted by molar-refractivity contribution is 6.51. The molecule has 1 aliphatic heterocycles. The molecule has 1 heterocycles. The summed E-state index contributed by atoms with van der Waals surface area (Å²) in [7, 11) is -0.0372. The first kappa shape index (κ1) is 15.0. The Hall–Kier alpha value is -1.32. The van der Waals surface area contributed by atoms with Crippen molar-refractivity contribution in [3.05, 3.63) is 48.0 Å². The van der Waals surface area contributed by atoms with Crippen LogP contribution in [0.3, 0.4) is 0 Å². The first-order valence-corrected chi connectivity index (χ1v) is 9.11. The Morgan fingerprint density at radius 3 is 2.00 bits per heavy atom. The smallest absolute Gasteiger partial charge is 0.403 e. The molecule has 3 aliphatic carbocycles. The predicted molar refractivity (Wildman–Crippen MR) is 98.3 cm³/mol. The van der Waals surface area contributed by atoms with E-state index in [4.69, 9.17) is 9.31 Å². The van der Waals surface area contributed by atoms with Gasteiger partial charge >= 0.3 is 7.12 Å². The van der Waals surface area contributed by atoms with Crippen LogP contribution in [0.5, 0.6) is 0 Å². The maximum atomic E-state index is 6.34. The van der Waals surface area contributed by atoms with Gasteiger partial charge in [0.05, 0.1) is 11.2 Å². The summed E-state index contributed by atoms with van der Waals surface area (Å²) in [4.78, 5) is 0. The van der Waals surface area contributed by atoms with Gasteiger partial charge in [0.1, 0.15) is 0 Å². The van der Waals surface area contributed by atoms with Crippen molar-refractivity contribution < 1.29 is 9.31 Å². The zero-order valence-corrected chi connectivity index (χ0v) is 15.1. The molecule has 0 aromatic heterocycles. The van der Waals surface area contributed by atoms with Gasteiger partial charge in [-0.1, -0.05) is 42.5 Å². The van der Waals surface area contributed by atoms with E-state index in [2.05, 4.69) is 70.2 Å². The monoisotopic (exact) mass is 320 g/mol. The van der Waals surface area contributed by atoms with Crippen LogP contribution in [0.25, 0.3) is 10.8 Å². The van der Waals surface area contributed by atoms with Crippen molar-refractivity contribution >= 4 is 17.9 Å². The van der Waals surface area contributed by atoms with Gasteiger partial charge in [0.15, 0.2) is 0 Å². The minimum atomic E-state index is -0.219. The summed E-state index contributed by atoms with van der Waals surface area (Å²) in [5.74, 6) is 0. The molecule has 24 heavy (non-hydrogen) atoms. The summed E-state index contributed by atoms with van der Waals surface area (Å²) < 4.78 is 12.7. The number of fused-ring (bicyclic) bond motifs is 1. The molecule has 0 spiro atoms. The predicted octanol–water partition coefficient (Wildman–Crippen LogP) is 5.11. The first-order valence-electron chi connectivity index (χ1n) is 9.11. The van der Waals surface area contributed by atoms with E-state index in [0.29, 0.717) is 5.41 Å². The van der Waals surface area contributed by atoms with Crippen LogP contribution in [0.1, 0.15) is 52.5 Å². The summed E-state index contributed by atoms with van der Waals surface area (Å²) in [6.45, 7) is 8.60. The molecule has 0 atom stereocenters. The van der Waals surface area contributed by atoms with Crippen LogP contribution in [0.4, 0.5) is 0 Å². The summed E-state index contributed by atoms with van der Waals surface area (Å²) in [6, 6.07) is 15.6. The fraction of sp³-hybridized carbons (Fsp3) is 0.524. The lowest BCUT2D eigenvalue weighted by Gasteiger charge is -2.71. The molecule has 3 saturated carbocycles. The van der Waals surface area contributed by atoms with E-state index >= 15 is 0 Å². The third-order valence-corrected chi connectivity index (χ3v) is 7.19. The lowest BCUT2D eigenvalue weighted by molar-refractivity contribution is -0.0382. The number of hydrogen-bond donors (Lipinski definition) is 0. The Balaban J connectivity index is 1.38. The minimum absolute atomic E-state index is 0.0372. The SMILES string of the molecule is CC1(C)OB(C23CC(c4ccc5ccccc5c4)(C2)C3)OC1(C)C. The highest BCUT2D eigenvalue weighted by Gasteiger charge is 2.76. The Morgan fingerprint density at radius 1 is 0.792 bits per heavy atom. The van der Waals surface area contributed by atoms with Crippen molar-refractivity contribution in [3.63, 3.8) is 0 Å². The average molecular weight is 320 g/mol. The molecule has 4 fully saturated rings. The standard InChI is InChI=1S/C21H25BO2/c1-18(2)19(3,4)24-22(23-18)21-12-20(13-21,14-21)17-10-9-15-7-5-6-8-16(15)11-17/h5-11H,12-14H2,1-4H3. The largest absolute Gasteiger partial charge is 0.464 e. The Bertz CT molecular complexity index is 803. The molecule has 2 nitrogen and oxygen atoms in total. The second kappa shape index (κ2) is 4.26. The lowest BCUT2D eigenvalue weighted by Crippen LogP contribution is -2.66. The summed E-state index contributed by atoms with van der Waals surface area (Å²) >= 11 is 0. The fourth-order valence-electron chi connectivity index (χ4n) is 5.03. The normalized spacial score (nSPS) is 35.6. The van der Waals surface area contributed by atoms with E-state index in [9.17, 15) is 0 Å². The van der Waals surface area contributed by atoms with Crippen molar-refractivity contribution in [2.75, 3.05) is 0 Å². The molecule has 2 aromatic carbocycles. The van der Waals surface area contributed by atoms with Gasteiger partial charge in [-0.2, -0.15) is 0 Å². The van der Waals surface area contributed by atoms with Gasteiger partial charge < -0.3 is 9.31 Å². The summed E-state index contributed by atoms with van der Waals surface area (Å²) in [6.07, 6.45) is 3.61. The molecule has 4 aliphatic rings. The van der Waals surface area contributed by atoms with Crippen LogP contribution in [0.15, 0.2) is 42.5 Å². The summed E-state index contributed by atoms with van der Waals surface area (Å²) in [5, 5.41) is 2.93. The van der Waals surface area contributed by atoms with Crippen LogP contribution in [0, 0.1) is 0 Å². The van der Waals surface area contributed by atoms with E-state index < -0.39 is 0 Å². The number of hydrogen-bond acceptors (Lipinski definition) is 2. The Morgan fingerprint density at radius 2 is 1.38 bits per heavy atom. The fourth-order valence-corrected chi connectivity index (χ4v) is 5.03. The highest BCUT2D eigenvalue weighted by atomic mass is 16.7. The van der Waals surface area contributed by atoms with Crippen LogP contribution < -0.4 is 0 Å².